The molecule has 0 aromatic heterocycles. The summed E-state index contributed by atoms with van der Waals surface area (Å²) in [6, 6.07) is 6.47. The standard InChI is InChI=1S/C20H33N3O/c1-16(2)8-10-21-11-9-20(24)23-14-12-22(13-15-23)19-7-5-6-17(3)18(19)4/h5-7,16,21H,8-15H2,1-4H3. The van der Waals surface area contributed by atoms with Gasteiger partial charge in [0.25, 0.3) is 0 Å². The Morgan fingerprint density at radius 1 is 1.12 bits per heavy atom. The zero-order valence-electron chi connectivity index (χ0n) is 15.8. The number of carbonyl (C=O) groups excluding carboxylic acids is 1. The average molecular weight is 332 g/mol. The molecule has 0 unspecified atom stereocenters. The van der Waals surface area contributed by atoms with Crippen molar-refractivity contribution in [2.45, 2.75) is 40.5 Å². The topological polar surface area (TPSA) is 35.6 Å². The average Bonchev–Trinajstić information content (AvgIpc) is 2.57. The fourth-order valence-electron chi connectivity index (χ4n) is 3.14. The molecule has 0 saturated carbocycles. The highest BCUT2D eigenvalue weighted by Crippen LogP contribution is 2.23. The predicted molar refractivity (Wildman–Crippen MR) is 102 cm³/mol. The Morgan fingerprint density at radius 3 is 2.50 bits per heavy atom. The molecule has 0 bridgehead atoms. The Morgan fingerprint density at radius 2 is 1.83 bits per heavy atom. The van der Waals surface area contributed by atoms with Crippen molar-refractivity contribution in [2.24, 2.45) is 5.92 Å². The van der Waals surface area contributed by atoms with E-state index in [0.717, 1.165) is 39.3 Å². The molecule has 0 atom stereocenters. The van der Waals surface area contributed by atoms with Gasteiger partial charge in [0.2, 0.25) is 5.91 Å². The van der Waals surface area contributed by atoms with Gasteiger partial charge in [-0.2, -0.15) is 0 Å². The molecule has 2 rings (SSSR count). The van der Waals surface area contributed by atoms with E-state index in [1.165, 1.54) is 23.2 Å². The number of rotatable bonds is 7. The molecule has 1 aliphatic rings. The van der Waals surface area contributed by atoms with Gasteiger partial charge in [0.1, 0.15) is 0 Å². The number of benzene rings is 1. The minimum Gasteiger partial charge on any atom is -0.368 e. The predicted octanol–water partition coefficient (Wildman–Crippen LogP) is 2.98. The Bertz CT molecular complexity index is 534. The maximum atomic E-state index is 12.3. The van der Waals surface area contributed by atoms with E-state index < -0.39 is 0 Å². The second-order valence-electron chi connectivity index (χ2n) is 7.27. The minimum atomic E-state index is 0.285. The third kappa shape index (κ3) is 5.23. The molecule has 4 heteroatoms. The van der Waals surface area contributed by atoms with Gasteiger partial charge in [-0.05, 0) is 49.9 Å². The van der Waals surface area contributed by atoms with Crippen molar-refractivity contribution in [3.8, 4) is 0 Å². The number of anilines is 1. The zero-order chi connectivity index (χ0) is 17.5. The number of carbonyl (C=O) groups is 1. The molecular formula is C20H33N3O. The summed E-state index contributed by atoms with van der Waals surface area (Å²) in [5, 5.41) is 3.38. The number of nitrogens with zero attached hydrogens (tertiary/aromatic N) is 2. The van der Waals surface area contributed by atoms with Crippen LogP contribution in [0, 0.1) is 19.8 Å². The summed E-state index contributed by atoms with van der Waals surface area (Å²) in [6.07, 6.45) is 1.78. The van der Waals surface area contributed by atoms with Crippen molar-refractivity contribution in [3.63, 3.8) is 0 Å². The molecule has 1 heterocycles. The molecule has 1 amide bonds. The van der Waals surface area contributed by atoms with Gasteiger partial charge in [-0.1, -0.05) is 26.0 Å². The molecule has 0 radical (unpaired) electrons. The lowest BCUT2D eigenvalue weighted by Gasteiger charge is -2.37. The summed E-state index contributed by atoms with van der Waals surface area (Å²) < 4.78 is 0. The van der Waals surface area contributed by atoms with E-state index in [-0.39, 0.29) is 5.91 Å². The maximum Gasteiger partial charge on any atom is 0.223 e. The van der Waals surface area contributed by atoms with E-state index in [2.05, 4.69) is 56.1 Å². The van der Waals surface area contributed by atoms with Gasteiger partial charge in [0.15, 0.2) is 0 Å². The van der Waals surface area contributed by atoms with Crippen LogP contribution in [0.15, 0.2) is 18.2 Å². The summed E-state index contributed by atoms with van der Waals surface area (Å²) in [6.45, 7) is 14.1. The third-order valence-electron chi connectivity index (χ3n) is 4.96. The molecule has 1 aromatic rings. The van der Waals surface area contributed by atoms with Crippen molar-refractivity contribution >= 4 is 11.6 Å². The van der Waals surface area contributed by atoms with Crippen molar-refractivity contribution in [2.75, 3.05) is 44.2 Å². The lowest BCUT2D eigenvalue weighted by Crippen LogP contribution is -2.49. The van der Waals surface area contributed by atoms with Gasteiger partial charge >= 0.3 is 0 Å². The van der Waals surface area contributed by atoms with E-state index in [1.807, 2.05) is 4.90 Å². The van der Waals surface area contributed by atoms with E-state index in [0.29, 0.717) is 12.3 Å². The molecule has 1 aliphatic heterocycles. The summed E-state index contributed by atoms with van der Waals surface area (Å²) in [5.74, 6) is 0.999. The summed E-state index contributed by atoms with van der Waals surface area (Å²) in [5.41, 5.74) is 4.00. The number of hydrogen-bond acceptors (Lipinski definition) is 3. The first kappa shape index (κ1) is 18.8. The molecule has 1 N–H and O–H groups in total. The second kappa shape index (κ2) is 9.07. The molecule has 0 spiro atoms. The van der Waals surface area contributed by atoms with Crippen LogP contribution in [0.3, 0.4) is 0 Å². The summed E-state index contributed by atoms with van der Waals surface area (Å²) in [7, 11) is 0. The summed E-state index contributed by atoms with van der Waals surface area (Å²) >= 11 is 0. The molecule has 24 heavy (non-hydrogen) atoms. The van der Waals surface area contributed by atoms with Gasteiger partial charge in [0, 0.05) is 44.8 Å². The lowest BCUT2D eigenvalue weighted by molar-refractivity contribution is -0.131. The SMILES string of the molecule is Cc1cccc(N2CCN(C(=O)CCNCCC(C)C)CC2)c1C. The Labute approximate surface area is 147 Å². The van der Waals surface area contributed by atoms with Gasteiger partial charge in [0.05, 0.1) is 0 Å². The van der Waals surface area contributed by atoms with Crippen LogP contribution in [-0.4, -0.2) is 50.1 Å². The van der Waals surface area contributed by atoms with E-state index in [9.17, 15) is 4.79 Å². The van der Waals surface area contributed by atoms with Crippen molar-refractivity contribution in [1.82, 2.24) is 10.2 Å². The van der Waals surface area contributed by atoms with Gasteiger partial charge < -0.3 is 15.1 Å². The highest BCUT2D eigenvalue weighted by Gasteiger charge is 2.21. The van der Waals surface area contributed by atoms with Crippen molar-refractivity contribution in [3.05, 3.63) is 29.3 Å². The normalized spacial score (nSPS) is 15.2. The van der Waals surface area contributed by atoms with Gasteiger partial charge in [-0.25, -0.2) is 0 Å². The van der Waals surface area contributed by atoms with Crippen molar-refractivity contribution < 1.29 is 4.79 Å². The Hall–Kier alpha value is -1.55. The van der Waals surface area contributed by atoms with Gasteiger partial charge in [-0.3, -0.25) is 4.79 Å². The molecular weight excluding hydrogens is 298 g/mol. The van der Waals surface area contributed by atoms with Crippen LogP contribution in [0.5, 0.6) is 0 Å². The zero-order valence-corrected chi connectivity index (χ0v) is 15.8. The van der Waals surface area contributed by atoms with E-state index in [1.54, 1.807) is 0 Å². The molecule has 1 aromatic carbocycles. The number of aryl methyl sites for hydroxylation is 1. The van der Waals surface area contributed by atoms with Crippen LogP contribution in [0.1, 0.15) is 37.8 Å². The van der Waals surface area contributed by atoms with Gasteiger partial charge in [-0.15, -0.1) is 0 Å². The first-order valence-electron chi connectivity index (χ1n) is 9.28. The number of nitrogens with one attached hydrogen (secondary N) is 1. The van der Waals surface area contributed by atoms with E-state index >= 15 is 0 Å². The number of piperazine rings is 1. The van der Waals surface area contributed by atoms with Crippen LogP contribution in [0.2, 0.25) is 0 Å². The molecule has 1 fully saturated rings. The first-order valence-corrected chi connectivity index (χ1v) is 9.28. The first-order chi connectivity index (χ1) is 11.5. The minimum absolute atomic E-state index is 0.285. The monoisotopic (exact) mass is 331 g/mol. The van der Waals surface area contributed by atoms with Crippen LogP contribution in [-0.2, 0) is 4.79 Å². The fraction of sp³-hybridized carbons (Fsp3) is 0.650. The smallest absolute Gasteiger partial charge is 0.223 e. The quantitative estimate of drug-likeness (QED) is 0.780. The van der Waals surface area contributed by atoms with Crippen molar-refractivity contribution in [1.29, 1.82) is 0 Å². The lowest BCUT2D eigenvalue weighted by atomic mass is 10.1. The number of hydrogen-bond donors (Lipinski definition) is 1. The highest BCUT2D eigenvalue weighted by atomic mass is 16.2. The third-order valence-corrected chi connectivity index (χ3v) is 4.96. The van der Waals surface area contributed by atoms with E-state index in [4.69, 9.17) is 0 Å². The Kier molecular flexibility index (Phi) is 7.10. The molecule has 134 valence electrons. The van der Waals surface area contributed by atoms with Crippen LogP contribution in [0.4, 0.5) is 5.69 Å². The Balaban J connectivity index is 1.74. The largest absolute Gasteiger partial charge is 0.368 e. The molecule has 0 aliphatic carbocycles. The number of amides is 1. The fourth-order valence-corrected chi connectivity index (χ4v) is 3.14. The molecule has 4 nitrogen and oxygen atoms in total. The maximum absolute atomic E-state index is 12.3. The van der Waals surface area contributed by atoms with Crippen LogP contribution >= 0.6 is 0 Å². The van der Waals surface area contributed by atoms with Crippen LogP contribution in [0.25, 0.3) is 0 Å². The molecule has 1 saturated heterocycles. The van der Waals surface area contributed by atoms with Crippen LogP contribution < -0.4 is 10.2 Å². The summed E-state index contributed by atoms with van der Waals surface area (Å²) in [4.78, 5) is 16.8. The highest BCUT2D eigenvalue weighted by molar-refractivity contribution is 5.76. The second-order valence-corrected chi connectivity index (χ2v) is 7.27.